The molecule has 0 aromatic carbocycles. The third-order valence-electron chi connectivity index (χ3n) is 5.05. The molecule has 3 atom stereocenters. The second kappa shape index (κ2) is 5.91. The summed E-state index contributed by atoms with van der Waals surface area (Å²) in [6.07, 6.45) is 10.1. The lowest BCUT2D eigenvalue weighted by atomic mass is 9.96. The van der Waals surface area contributed by atoms with E-state index in [0.29, 0.717) is 18.2 Å². The van der Waals surface area contributed by atoms with Crippen LogP contribution in [0.15, 0.2) is 11.2 Å². The first-order valence-corrected chi connectivity index (χ1v) is 8.49. The van der Waals surface area contributed by atoms with Crippen molar-refractivity contribution in [3.63, 3.8) is 0 Å². The molecular formula is C16H25N5O. The number of aryl methyl sites for hydroxylation is 2. The average molecular weight is 303 g/mol. The van der Waals surface area contributed by atoms with E-state index in [1.807, 2.05) is 7.05 Å². The lowest BCUT2D eigenvalue weighted by Gasteiger charge is -2.22. The molecule has 0 saturated carbocycles. The van der Waals surface area contributed by atoms with Gasteiger partial charge in [0.2, 0.25) is 0 Å². The van der Waals surface area contributed by atoms with Gasteiger partial charge in [0.1, 0.15) is 5.82 Å². The molecule has 6 nitrogen and oxygen atoms in total. The van der Waals surface area contributed by atoms with Gasteiger partial charge in [0.15, 0.2) is 5.96 Å². The van der Waals surface area contributed by atoms with Crippen LogP contribution in [0.2, 0.25) is 0 Å². The summed E-state index contributed by atoms with van der Waals surface area (Å²) in [6, 6.07) is 0.403. The fourth-order valence-electron chi connectivity index (χ4n) is 3.89. The van der Waals surface area contributed by atoms with Gasteiger partial charge in [-0.15, -0.1) is 0 Å². The van der Waals surface area contributed by atoms with Gasteiger partial charge < -0.3 is 19.9 Å². The zero-order chi connectivity index (χ0) is 14.9. The minimum absolute atomic E-state index is 0.364. The molecule has 120 valence electrons. The minimum atomic E-state index is 0.364. The average Bonchev–Trinajstić information content (AvgIpc) is 3.25. The first-order chi connectivity index (χ1) is 10.8. The number of hydrogen-bond donors (Lipinski definition) is 2. The molecule has 4 rings (SSSR count). The van der Waals surface area contributed by atoms with Crippen LogP contribution < -0.4 is 10.6 Å². The van der Waals surface area contributed by atoms with Crippen molar-refractivity contribution in [3.8, 4) is 0 Å². The fraction of sp³-hybridized carbons (Fsp3) is 0.750. The standard InChI is InChI=1S/C16H25N5O/c1-17-16(20-13-8-12-5-6-14(13)22-12)18-9-11-10-21-7-3-2-4-15(21)19-11/h10,12-14H,2-9H2,1H3,(H2,17,18,20). The normalized spacial score (nSPS) is 30.4. The molecule has 0 spiro atoms. The predicted molar refractivity (Wildman–Crippen MR) is 84.8 cm³/mol. The zero-order valence-corrected chi connectivity index (χ0v) is 13.2. The highest BCUT2D eigenvalue weighted by Crippen LogP contribution is 2.34. The maximum atomic E-state index is 5.89. The molecule has 0 amide bonds. The molecular weight excluding hydrogens is 278 g/mol. The van der Waals surface area contributed by atoms with Crippen molar-refractivity contribution in [1.82, 2.24) is 20.2 Å². The number of aliphatic imine (C=N–C) groups is 1. The smallest absolute Gasteiger partial charge is 0.191 e. The Morgan fingerprint density at radius 1 is 1.45 bits per heavy atom. The van der Waals surface area contributed by atoms with Crippen LogP contribution in [0.25, 0.3) is 0 Å². The molecule has 22 heavy (non-hydrogen) atoms. The van der Waals surface area contributed by atoms with Gasteiger partial charge >= 0.3 is 0 Å². The van der Waals surface area contributed by atoms with Gasteiger partial charge in [-0.1, -0.05) is 0 Å². The topological polar surface area (TPSA) is 63.5 Å². The molecule has 4 heterocycles. The van der Waals surface area contributed by atoms with Gasteiger partial charge in [0.25, 0.3) is 0 Å². The Bertz CT molecular complexity index is 543. The van der Waals surface area contributed by atoms with E-state index in [9.17, 15) is 0 Å². The summed E-state index contributed by atoms with van der Waals surface area (Å²) in [6.45, 7) is 1.83. The van der Waals surface area contributed by atoms with Gasteiger partial charge in [0.05, 0.1) is 30.5 Å². The maximum Gasteiger partial charge on any atom is 0.191 e. The number of hydrogen-bond acceptors (Lipinski definition) is 3. The van der Waals surface area contributed by atoms with E-state index in [1.54, 1.807) is 0 Å². The SMILES string of the molecule is CN=C(NCc1cn2c(n1)CCCC2)NC1CC2CCC1O2. The van der Waals surface area contributed by atoms with E-state index in [-0.39, 0.29) is 0 Å². The lowest BCUT2D eigenvalue weighted by molar-refractivity contribution is 0.0992. The Kier molecular flexibility index (Phi) is 3.78. The van der Waals surface area contributed by atoms with E-state index < -0.39 is 0 Å². The zero-order valence-electron chi connectivity index (χ0n) is 13.2. The Balaban J connectivity index is 1.32. The van der Waals surface area contributed by atoms with Crippen molar-refractivity contribution >= 4 is 5.96 Å². The molecule has 3 aliphatic heterocycles. The second-order valence-corrected chi connectivity index (χ2v) is 6.59. The van der Waals surface area contributed by atoms with E-state index in [1.165, 1.54) is 31.5 Å². The van der Waals surface area contributed by atoms with E-state index in [4.69, 9.17) is 9.72 Å². The molecule has 1 aromatic rings. The molecule has 2 fully saturated rings. The molecule has 3 aliphatic rings. The van der Waals surface area contributed by atoms with E-state index in [2.05, 4.69) is 26.4 Å². The number of ether oxygens (including phenoxy) is 1. The summed E-state index contributed by atoms with van der Waals surface area (Å²) in [5.41, 5.74) is 1.10. The van der Waals surface area contributed by atoms with Crippen molar-refractivity contribution in [3.05, 3.63) is 17.7 Å². The van der Waals surface area contributed by atoms with Crippen molar-refractivity contribution in [2.45, 2.75) is 69.9 Å². The fourth-order valence-corrected chi connectivity index (χ4v) is 3.89. The number of nitrogens with one attached hydrogen (secondary N) is 2. The first kappa shape index (κ1) is 14.1. The summed E-state index contributed by atoms with van der Waals surface area (Å²) in [4.78, 5) is 9.06. The predicted octanol–water partition coefficient (Wildman–Crippen LogP) is 1.20. The molecule has 6 heteroatoms. The largest absolute Gasteiger partial charge is 0.373 e. The number of guanidine groups is 1. The van der Waals surface area contributed by atoms with Crippen molar-refractivity contribution in [2.24, 2.45) is 4.99 Å². The summed E-state index contributed by atoms with van der Waals surface area (Å²) in [5, 5.41) is 6.90. The third-order valence-corrected chi connectivity index (χ3v) is 5.05. The highest BCUT2D eigenvalue weighted by Gasteiger charge is 2.41. The summed E-state index contributed by atoms with van der Waals surface area (Å²) in [7, 11) is 1.82. The van der Waals surface area contributed by atoms with Gasteiger partial charge in [-0.3, -0.25) is 4.99 Å². The number of nitrogens with zero attached hydrogens (tertiary/aromatic N) is 3. The number of aromatic nitrogens is 2. The van der Waals surface area contributed by atoms with Crippen LogP contribution in [0.1, 0.15) is 43.6 Å². The van der Waals surface area contributed by atoms with Crippen LogP contribution in [0.5, 0.6) is 0 Å². The number of rotatable bonds is 3. The summed E-state index contributed by atoms with van der Waals surface area (Å²) >= 11 is 0. The summed E-state index contributed by atoms with van der Waals surface area (Å²) < 4.78 is 8.18. The number of fused-ring (bicyclic) bond motifs is 3. The highest BCUT2D eigenvalue weighted by atomic mass is 16.5. The molecule has 0 aliphatic carbocycles. The molecule has 1 aromatic heterocycles. The second-order valence-electron chi connectivity index (χ2n) is 6.59. The van der Waals surface area contributed by atoms with Gasteiger partial charge in [0, 0.05) is 26.2 Å². The van der Waals surface area contributed by atoms with E-state index in [0.717, 1.165) is 37.6 Å². The maximum absolute atomic E-state index is 5.89. The van der Waals surface area contributed by atoms with Crippen molar-refractivity contribution < 1.29 is 4.74 Å². The highest BCUT2D eigenvalue weighted by molar-refractivity contribution is 5.80. The quantitative estimate of drug-likeness (QED) is 0.651. The van der Waals surface area contributed by atoms with Crippen LogP contribution >= 0.6 is 0 Å². The van der Waals surface area contributed by atoms with Crippen LogP contribution in [0.4, 0.5) is 0 Å². The Morgan fingerprint density at radius 3 is 3.14 bits per heavy atom. The third kappa shape index (κ3) is 2.72. The Labute approximate surface area is 131 Å². The molecule has 2 bridgehead atoms. The monoisotopic (exact) mass is 303 g/mol. The van der Waals surface area contributed by atoms with Crippen LogP contribution in [-0.2, 0) is 24.2 Å². The molecule has 2 N–H and O–H groups in total. The van der Waals surface area contributed by atoms with Crippen molar-refractivity contribution in [1.29, 1.82) is 0 Å². The molecule has 0 radical (unpaired) electrons. The van der Waals surface area contributed by atoms with Crippen LogP contribution in [-0.4, -0.2) is 40.8 Å². The van der Waals surface area contributed by atoms with Gasteiger partial charge in [-0.05, 0) is 32.1 Å². The molecule has 2 saturated heterocycles. The first-order valence-electron chi connectivity index (χ1n) is 8.49. The van der Waals surface area contributed by atoms with Gasteiger partial charge in [-0.25, -0.2) is 4.98 Å². The molecule has 3 unspecified atom stereocenters. The van der Waals surface area contributed by atoms with Crippen LogP contribution in [0, 0.1) is 0 Å². The minimum Gasteiger partial charge on any atom is -0.373 e. The van der Waals surface area contributed by atoms with Crippen LogP contribution in [0.3, 0.4) is 0 Å². The van der Waals surface area contributed by atoms with Crippen molar-refractivity contribution in [2.75, 3.05) is 7.05 Å². The Morgan fingerprint density at radius 2 is 2.41 bits per heavy atom. The summed E-state index contributed by atoms with van der Waals surface area (Å²) in [5.74, 6) is 2.08. The Hall–Kier alpha value is -1.56. The van der Waals surface area contributed by atoms with E-state index >= 15 is 0 Å². The van der Waals surface area contributed by atoms with Gasteiger partial charge in [-0.2, -0.15) is 0 Å². The number of imidazole rings is 1. The lowest BCUT2D eigenvalue weighted by Crippen LogP contribution is -2.47.